The number of aryl methyl sites for hydroxylation is 2. The summed E-state index contributed by atoms with van der Waals surface area (Å²) in [5.41, 5.74) is 9.57. The van der Waals surface area contributed by atoms with E-state index >= 15 is 0 Å². The van der Waals surface area contributed by atoms with Gasteiger partial charge in [0.15, 0.2) is 0 Å². The van der Waals surface area contributed by atoms with Gasteiger partial charge < -0.3 is 5.73 Å². The summed E-state index contributed by atoms with van der Waals surface area (Å²) in [6, 6.07) is 6.03. The second kappa shape index (κ2) is 4.13. The lowest BCUT2D eigenvalue weighted by atomic mass is 10.1. The molecule has 15 heavy (non-hydrogen) atoms. The Kier molecular flexibility index (Phi) is 2.84. The lowest BCUT2D eigenvalue weighted by molar-refractivity contribution is 0.838. The molecule has 0 fully saturated rings. The molecule has 1 atom stereocenters. The lowest BCUT2D eigenvalue weighted by Crippen LogP contribution is -2.13. The molecule has 2 heterocycles. The van der Waals surface area contributed by atoms with Crippen LogP contribution in [-0.2, 0) is 0 Å². The quantitative estimate of drug-likeness (QED) is 0.841. The van der Waals surface area contributed by atoms with Gasteiger partial charge >= 0.3 is 0 Å². The van der Waals surface area contributed by atoms with E-state index in [1.54, 1.807) is 11.3 Å². The zero-order chi connectivity index (χ0) is 10.8. The van der Waals surface area contributed by atoms with Gasteiger partial charge in [0.2, 0.25) is 0 Å². The number of nitrogens with two attached hydrogens (primary N) is 1. The Balaban J connectivity index is 2.36. The third-order valence-electron chi connectivity index (χ3n) is 2.44. The molecule has 0 saturated carbocycles. The Labute approximate surface area is 93.8 Å². The van der Waals surface area contributed by atoms with E-state index in [2.05, 4.69) is 30.3 Å². The second-order valence-electron chi connectivity index (χ2n) is 3.70. The van der Waals surface area contributed by atoms with Gasteiger partial charge in [-0.3, -0.25) is 4.98 Å². The average molecular weight is 218 g/mol. The first-order valence-electron chi connectivity index (χ1n) is 4.90. The van der Waals surface area contributed by atoms with E-state index in [1.165, 1.54) is 16.0 Å². The molecule has 78 valence electrons. The van der Waals surface area contributed by atoms with Gasteiger partial charge in [-0.05, 0) is 48.6 Å². The van der Waals surface area contributed by atoms with Gasteiger partial charge in [-0.25, -0.2) is 0 Å². The predicted octanol–water partition coefficient (Wildman–Crippen LogP) is 2.81. The summed E-state index contributed by atoms with van der Waals surface area (Å²) < 4.78 is 0. The smallest absolute Gasteiger partial charge is 0.0822 e. The van der Waals surface area contributed by atoms with Crippen LogP contribution in [0.3, 0.4) is 0 Å². The fourth-order valence-electron chi connectivity index (χ4n) is 1.57. The number of aromatic nitrogens is 1. The van der Waals surface area contributed by atoms with Crippen LogP contribution in [0.2, 0.25) is 0 Å². The summed E-state index contributed by atoms with van der Waals surface area (Å²) in [7, 11) is 0. The highest BCUT2D eigenvalue weighted by molar-refractivity contribution is 7.10. The minimum absolute atomic E-state index is 0.0927. The van der Waals surface area contributed by atoms with Crippen LogP contribution < -0.4 is 5.73 Å². The van der Waals surface area contributed by atoms with Gasteiger partial charge in [0.05, 0.1) is 11.7 Å². The van der Waals surface area contributed by atoms with E-state index in [-0.39, 0.29) is 6.04 Å². The monoisotopic (exact) mass is 218 g/mol. The second-order valence-corrected chi connectivity index (χ2v) is 4.65. The van der Waals surface area contributed by atoms with Crippen molar-refractivity contribution >= 4 is 11.3 Å². The third-order valence-corrected chi connectivity index (χ3v) is 3.54. The first-order valence-corrected chi connectivity index (χ1v) is 5.78. The van der Waals surface area contributed by atoms with E-state index in [0.717, 1.165) is 5.69 Å². The number of nitrogens with zero attached hydrogens (tertiary/aromatic N) is 1. The minimum Gasteiger partial charge on any atom is -0.318 e. The van der Waals surface area contributed by atoms with Crippen LogP contribution in [0, 0.1) is 13.8 Å². The minimum atomic E-state index is -0.0927. The van der Waals surface area contributed by atoms with Crippen LogP contribution in [0.1, 0.15) is 27.7 Å². The fourth-order valence-corrected chi connectivity index (χ4v) is 2.51. The topological polar surface area (TPSA) is 38.9 Å². The van der Waals surface area contributed by atoms with Gasteiger partial charge in [0.1, 0.15) is 0 Å². The summed E-state index contributed by atoms with van der Waals surface area (Å²) in [5.74, 6) is 0. The number of pyridine rings is 1. The normalized spacial score (nSPS) is 12.7. The summed E-state index contributed by atoms with van der Waals surface area (Å²) >= 11 is 1.69. The molecule has 1 unspecified atom stereocenters. The van der Waals surface area contributed by atoms with Crippen molar-refractivity contribution in [3.05, 3.63) is 51.5 Å². The van der Waals surface area contributed by atoms with Crippen LogP contribution in [-0.4, -0.2) is 4.98 Å². The van der Waals surface area contributed by atoms with E-state index in [9.17, 15) is 0 Å². The van der Waals surface area contributed by atoms with Gasteiger partial charge in [0, 0.05) is 11.1 Å². The molecule has 0 bridgehead atoms. The zero-order valence-corrected chi connectivity index (χ0v) is 9.71. The van der Waals surface area contributed by atoms with Gasteiger partial charge in [0.25, 0.3) is 0 Å². The van der Waals surface area contributed by atoms with E-state index in [1.807, 2.05) is 18.3 Å². The highest BCUT2D eigenvalue weighted by Crippen LogP contribution is 2.26. The summed E-state index contributed by atoms with van der Waals surface area (Å²) in [4.78, 5) is 5.52. The van der Waals surface area contributed by atoms with Crippen LogP contribution in [0.15, 0.2) is 29.8 Å². The van der Waals surface area contributed by atoms with Crippen molar-refractivity contribution in [2.24, 2.45) is 5.73 Å². The molecular formula is C12H14N2S. The van der Waals surface area contributed by atoms with E-state index in [4.69, 9.17) is 5.73 Å². The summed E-state index contributed by atoms with van der Waals surface area (Å²) in [6.45, 7) is 4.14. The number of rotatable bonds is 2. The van der Waals surface area contributed by atoms with Crippen LogP contribution >= 0.6 is 11.3 Å². The number of thiophene rings is 1. The van der Waals surface area contributed by atoms with Crippen molar-refractivity contribution in [3.8, 4) is 0 Å². The maximum Gasteiger partial charge on any atom is 0.0822 e. The highest BCUT2D eigenvalue weighted by atomic mass is 32.1. The van der Waals surface area contributed by atoms with Crippen molar-refractivity contribution in [2.75, 3.05) is 0 Å². The standard InChI is InChI=1S/C12H14N2S/c1-8-3-5-14-10(7-8)11(13)12-9(2)4-6-15-12/h3-7,11H,13H2,1-2H3. The predicted molar refractivity (Wildman–Crippen MR) is 64.1 cm³/mol. The first kappa shape index (κ1) is 10.3. The van der Waals surface area contributed by atoms with Gasteiger partial charge in [-0.1, -0.05) is 0 Å². The molecule has 3 heteroatoms. The molecule has 0 spiro atoms. The number of hydrogen-bond acceptors (Lipinski definition) is 3. The highest BCUT2D eigenvalue weighted by Gasteiger charge is 2.13. The van der Waals surface area contributed by atoms with Crippen molar-refractivity contribution in [1.82, 2.24) is 4.98 Å². The van der Waals surface area contributed by atoms with Crippen molar-refractivity contribution < 1.29 is 0 Å². The molecule has 0 radical (unpaired) electrons. The van der Waals surface area contributed by atoms with Gasteiger partial charge in [-0.2, -0.15) is 0 Å². The van der Waals surface area contributed by atoms with Crippen LogP contribution in [0.25, 0.3) is 0 Å². The van der Waals surface area contributed by atoms with Crippen molar-refractivity contribution in [1.29, 1.82) is 0 Å². The van der Waals surface area contributed by atoms with Crippen molar-refractivity contribution in [3.63, 3.8) is 0 Å². The average Bonchev–Trinajstić information content (AvgIpc) is 2.63. The van der Waals surface area contributed by atoms with Crippen LogP contribution in [0.5, 0.6) is 0 Å². The molecule has 2 aromatic heterocycles. The molecule has 2 nitrogen and oxygen atoms in total. The van der Waals surface area contributed by atoms with E-state index in [0.29, 0.717) is 0 Å². The SMILES string of the molecule is Cc1ccnc(C(N)c2sccc2C)c1. The molecule has 0 saturated heterocycles. The Morgan fingerprint density at radius 2 is 2.13 bits per heavy atom. The summed E-state index contributed by atoms with van der Waals surface area (Å²) in [6.07, 6.45) is 1.81. The molecule has 0 amide bonds. The molecule has 0 aromatic carbocycles. The van der Waals surface area contributed by atoms with Gasteiger partial charge in [-0.15, -0.1) is 11.3 Å². The van der Waals surface area contributed by atoms with Crippen LogP contribution in [0.4, 0.5) is 0 Å². The Morgan fingerprint density at radius 1 is 1.33 bits per heavy atom. The van der Waals surface area contributed by atoms with E-state index < -0.39 is 0 Å². The maximum atomic E-state index is 6.18. The largest absolute Gasteiger partial charge is 0.318 e. The Hall–Kier alpha value is -1.19. The molecule has 2 rings (SSSR count). The molecule has 0 aliphatic rings. The first-order chi connectivity index (χ1) is 7.18. The molecule has 0 aliphatic heterocycles. The molecular weight excluding hydrogens is 204 g/mol. The Morgan fingerprint density at radius 3 is 2.73 bits per heavy atom. The third kappa shape index (κ3) is 2.08. The fraction of sp³-hybridized carbons (Fsp3) is 0.250. The zero-order valence-electron chi connectivity index (χ0n) is 8.90. The van der Waals surface area contributed by atoms with Crippen molar-refractivity contribution in [2.45, 2.75) is 19.9 Å². The number of hydrogen-bond donors (Lipinski definition) is 1. The lowest BCUT2D eigenvalue weighted by Gasteiger charge is -2.10. The molecule has 2 N–H and O–H groups in total. The Bertz CT molecular complexity index is 462. The molecule has 0 aliphatic carbocycles. The maximum absolute atomic E-state index is 6.18. The molecule has 2 aromatic rings. The summed E-state index contributed by atoms with van der Waals surface area (Å²) in [5, 5.41) is 2.07.